The lowest BCUT2D eigenvalue weighted by Crippen LogP contribution is -2.21. The maximum Gasteiger partial charge on any atom is 0.223 e. The van der Waals surface area contributed by atoms with Crippen molar-refractivity contribution in [2.75, 3.05) is 17.7 Å². The lowest BCUT2D eigenvalue weighted by Gasteiger charge is -2.18. The van der Waals surface area contributed by atoms with Crippen molar-refractivity contribution in [3.8, 4) is 0 Å². The van der Waals surface area contributed by atoms with Crippen LogP contribution < -0.4 is 10.6 Å². The van der Waals surface area contributed by atoms with E-state index >= 15 is 0 Å². The first-order valence-electron chi connectivity index (χ1n) is 4.99. The highest BCUT2D eigenvalue weighted by Gasteiger charge is 2.28. The Labute approximate surface area is 91.7 Å². The van der Waals surface area contributed by atoms with Gasteiger partial charge in [0.25, 0.3) is 0 Å². The minimum Gasteiger partial charge on any atom is -0.368 e. The topological polar surface area (TPSA) is 55.0 Å². The normalized spacial score (nSPS) is 15.8. The molecule has 0 unspecified atom stereocenters. The summed E-state index contributed by atoms with van der Waals surface area (Å²) in [6.07, 6.45) is 2.51. The molecule has 2 heterocycles. The van der Waals surface area contributed by atoms with E-state index < -0.39 is 0 Å². The minimum atomic E-state index is 0.368. The molecule has 0 spiro atoms. The van der Waals surface area contributed by atoms with Crippen molar-refractivity contribution in [1.82, 2.24) is 9.97 Å². The highest BCUT2D eigenvalue weighted by Crippen LogP contribution is 2.34. The molecule has 0 atom stereocenters. The second-order valence-electron chi connectivity index (χ2n) is 3.89. The Morgan fingerprint density at radius 3 is 3.00 bits per heavy atom. The second kappa shape index (κ2) is 3.06. The first-order valence-corrected chi connectivity index (χ1v) is 5.87. The molecule has 1 fully saturated rings. The van der Waals surface area contributed by atoms with Gasteiger partial charge < -0.3 is 10.6 Å². The predicted molar refractivity (Wildman–Crippen MR) is 63.3 cm³/mol. The third-order valence-corrected chi connectivity index (χ3v) is 3.56. The summed E-state index contributed by atoms with van der Waals surface area (Å²) in [6, 6.07) is 2.70. The molecular formula is C10H12N4S. The van der Waals surface area contributed by atoms with Gasteiger partial charge in [-0.05, 0) is 24.3 Å². The van der Waals surface area contributed by atoms with Gasteiger partial charge in [-0.2, -0.15) is 4.98 Å². The molecule has 1 aliphatic rings. The molecule has 15 heavy (non-hydrogen) atoms. The Balaban J connectivity index is 2.18. The van der Waals surface area contributed by atoms with Gasteiger partial charge in [-0.15, -0.1) is 11.3 Å². The molecule has 2 N–H and O–H groups in total. The average Bonchev–Trinajstić information content (AvgIpc) is 2.96. The molecule has 0 bridgehead atoms. The summed E-state index contributed by atoms with van der Waals surface area (Å²) < 4.78 is 0. The molecule has 0 radical (unpaired) electrons. The van der Waals surface area contributed by atoms with Gasteiger partial charge in [0.2, 0.25) is 5.95 Å². The number of nitrogens with two attached hydrogens (primary N) is 1. The number of fused-ring (bicyclic) bond motifs is 1. The van der Waals surface area contributed by atoms with E-state index in [4.69, 9.17) is 5.73 Å². The van der Waals surface area contributed by atoms with Crippen LogP contribution in [-0.4, -0.2) is 23.1 Å². The van der Waals surface area contributed by atoms with Crippen molar-refractivity contribution >= 4 is 33.3 Å². The van der Waals surface area contributed by atoms with E-state index in [0.29, 0.717) is 12.0 Å². The zero-order valence-electron chi connectivity index (χ0n) is 8.47. The van der Waals surface area contributed by atoms with Gasteiger partial charge in [0.1, 0.15) is 10.6 Å². The van der Waals surface area contributed by atoms with Crippen LogP contribution in [0.15, 0.2) is 11.4 Å². The van der Waals surface area contributed by atoms with Crippen molar-refractivity contribution in [2.45, 2.75) is 18.9 Å². The van der Waals surface area contributed by atoms with Gasteiger partial charge in [-0.3, -0.25) is 0 Å². The van der Waals surface area contributed by atoms with Gasteiger partial charge >= 0.3 is 0 Å². The van der Waals surface area contributed by atoms with E-state index in [2.05, 4.69) is 28.0 Å². The Morgan fingerprint density at radius 2 is 2.27 bits per heavy atom. The molecule has 0 saturated heterocycles. The second-order valence-corrected chi connectivity index (χ2v) is 4.78. The first-order chi connectivity index (χ1) is 7.25. The predicted octanol–water partition coefficient (Wildman–Crippen LogP) is 1.87. The molecule has 2 aromatic rings. The van der Waals surface area contributed by atoms with Crippen LogP contribution >= 0.6 is 11.3 Å². The number of thiophene rings is 1. The average molecular weight is 220 g/mol. The maximum atomic E-state index is 5.70. The fourth-order valence-electron chi connectivity index (χ4n) is 1.76. The summed E-state index contributed by atoms with van der Waals surface area (Å²) in [6.45, 7) is 0. The fourth-order valence-corrected chi connectivity index (χ4v) is 2.52. The van der Waals surface area contributed by atoms with Gasteiger partial charge in [0.15, 0.2) is 0 Å². The Morgan fingerprint density at radius 1 is 1.47 bits per heavy atom. The van der Waals surface area contributed by atoms with Crippen LogP contribution in [0, 0.1) is 0 Å². The van der Waals surface area contributed by atoms with E-state index in [1.165, 1.54) is 12.8 Å². The molecule has 2 aromatic heterocycles. The van der Waals surface area contributed by atoms with Crippen LogP contribution in [0.5, 0.6) is 0 Å². The lowest BCUT2D eigenvalue weighted by molar-refractivity contribution is 0.897. The van der Waals surface area contributed by atoms with Crippen LogP contribution in [0.25, 0.3) is 10.2 Å². The van der Waals surface area contributed by atoms with Crippen LogP contribution in [0.2, 0.25) is 0 Å². The smallest absolute Gasteiger partial charge is 0.223 e. The first kappa shape index (κ1) is 8.91. The standard InChI is InChI=1S/C10H12N4S/c1-14(6-2-3-6)8-7-4-5-15-9(7)13-10(11)12-8/h4-6H,2-3H2,1H3,(H2,11,12,13). The molecule has 1 saturated carbocycles. The van der Waals surface area contributed by atoms with Gasteiger partial charge in [0.05, 0.1) is 5.39 Å². The summed E-state index contributed by atoms with van der Waals surface area (Å²) in [7, 11) is 2.08. The monoisotopic (exact) mass is 220 g/mol. The van der Waals surface area contributed by atoms with Crippen LogP contribution in [-0.2, 0) is 0 Å². The van der Waals surface area contributed by atoms with Crippen molar-refractivity contribution in [3.63, 3.8) is 0 Å². The van der Waals surface area contributed by atoms with E-state index in [1.807, 2.05) is 5.38 Å². The number of hydrogen-bond donors (Lipinski definition) is 1. The molecule has 4 nitrogen and oxygen atoms in total. The summed E-state index contributed by atoms with van der Waals surface area (Å²) >= 11 is 1.61. The quantitative estimate of drug-likeness (QED) is 0.839. The van der Waals surface area contributed by atoms with E-state index in [9.17, 15) is 0 Å². The number of anilines is 2. The number of nitrogen functional groups attached to an aromatic ring is 1. The number of nitrogens with zero attached hydrogens (tertiary/aromatic N) is 3. The summed E-state index contributed by atoms with van der Waals surface area (Å²) in [4.78, 5) is 11.7. The molecule has 3 rings (SSSR count). The van der Waals surface area contributed by atoms with Crippen LogP contribution in [0.4, 0.5) is 11.8 Å². The Kier molecular flexibility index (Phi) is 1.82. The summed E-state index contributed by atoms with van der Waals surface area (Å²) in [5, 5.41) is 3.15. The van der Waals surface area contributed by atoms with Gasteiger partial charge in [-0.1, -0.05) is 0 Å². The molecule has 0 amide bonds. The van der Waals surface area contributed by atoms with E-state index in [-0.39, 0.29) is 0 Å². The highest BCUT2D eigenvalue weighted by molar-refractivity contribution is 7.16. The summed E-state index contributed by atoms with van der Waals surface area (Å²) in [5.74, 6) is 1.34. The van der Waals surface area contributed by atoms with Crippen molar-refractivity contribution < 1.29 is 0 Å². The minimum absolute atomic E-state index is 0.368. The fraction of sp³-hybridized carbons (Fsp3) is 0.400. The number of hydrogen-bond acceptors (Lipinski definition) is 5. The van der Waals surface area contributed by atoms with Gasteiger partial charge in [0, 0.05) is 13.1 Å². The molecule has 78 valence electrons. The molecule has 1 aliphatic carbocycles. The summed E-state index contributed by atoms with van der Waals surface area (Å²) in [5.41, 5.74) is 5.70. The van der Waals surface area contributed by atoms with E-state index in [1.54, 1.807) is 11.3 Å². The number of rotatable bonds is 2. The number of aromatic nitrogens is 2. The largest absolute Gasteiger partial charge is 0.368 e. The SMILES string of the molecule is CN(c1nc(N)nc2sccc12)C1CC1. The lowest BCUT2D eigenvalue weighted by atomic mass is 10.3. The van der Waals surface area contributed by atoms with Gasteiger partial charge in [-0.25, -0.2) is 4.98 Å². The van der Waals surface area contributed by atoms with E-state index in [0.717, 1.165) is 16.0 Å². The third-order valence-electron chi connectivity index (χ3n) is 2.75. The third kappa shape index (κ3) is 1.43. The molecule has 5 heteroatoms. The molecular weight excluding hydrogens is 208 g/mol. The molecule has 0 aromatic carbocycles. The maximum absolute atomic E-state index is 5.70. The zero-order chi connectivity index (χ0) is 10.4. The Hall–Kier alpha value is -1.36. The zero-order valence-corrected chi connectivity index (χ0v) is 9.29. The highest BCUT2D eigenvalue weighted by atomic mass is 32.1. The van der Waals surface area contributed by atoms with Crippen LogP contribution in [0.1, 0.15) is 12.8 Å². The van der Waals surface area contributed by atoms with Crippen molar-refractivity contribution in [2.24, 2.45) is 0 Å². The molecule has 0 aliphatic heterocycles. The van der Waals surface area contributed by atoms with Crippen molar-refractivity contribution in [3.05, 3.63) is 11.4 Å². The van der Waals surface area contributed by atoms with Crippen LogP contribution in [0.3, 0.4) is 0 Å². The Bertz CT molecular complexity index is 503. The van der Waals surface area contributed by atoms with Crippen molar-refractivity contribution in [1.29, 1.82) is 0 Å².